The van der Waals surface area contributed by atoms with Gasteiger partial charge in [0.05, 0.1) is 11.2 Å². The number of carbonyl (C=O) groups is 2. The van der Waals surface area contributed by atoms with Crippen LogP contribution in [0.25, 0.3) is 0 Å². The summed E-state index contributed by atoms with van der Waals surface area (Å²) in [7, 11) is -1.64. The van der Waals surface area contributed by atoms with Crippen LogP contribution in [0, 0.1) is 0 Å². The highest BCUT2D eigenvalue weighted by atomic mass is 32.2. The number of nitrogens with one attached hydrogen (secondary N) is 3. The summed E-state index contributed by atoms with van der Waals surface area (Å²) in [6, 6.07) is 12.4. The van der Waals surface area contributed by atoms with Crippen molar-refractivity contribution in [2.24, 2.45) is 0 Å². The lowest BCUT2D eigenvalue weighted by molar-refractivity contribution is 0.0938. The van der Waals surface area contributed by atoms with E-state index in [9.17, 15) is 18.0 Å². The molecule has 3 N–H and O–H groups in total. The van der Waals surface area contributed by atoms with Crippen LogP contribution in [0.15, 0.2) is 66.0 Å². The van der Waals surface area contributed by atoms with Gasteiger partial charge in [0, 0.05) is 67.3 Å². The Labute approximate surface area is 210 Å². The molecule has 0 aliphatic carbocycles. The molecule has 10 nitrogen and oxygen atoms in total. The fraction of sp³-hybridized carbons (Fsp3) is 0.320. The third-order valence-corrected chi connectivity index (χ3v) is 7.97. The Morgan fingerprint density at radius 3 is 2.42 bits per heavy atom. The molecule has 2 amide bonds. The molecule has 0 radical (unpaired) electrons. The Balaban J connectivity index is 1.37. The van der Waals surface area contributed by atoms with Gasteiger partial charge in [0.1, 0.15) is 0 Å². The topological polar surface area (TPSA) is 127 Å². The summed E-state index contributed by atoms with van der Waals surface area (Å²) in [5, 5.41) is 5.71. The van der Waals surface area contributed by atoms with Gasteiger partial charge in [0.2, 0.25) is 10.0 Å². The molecule has 4 rings (SSSR count). The molecule has 0 spiro atoms. The standard InChI is InChI=1S/C25H30N6O4S/c1-18(14-22-16-26-17-27-22)28-25(33)20-4-3-5-21(15-20)29-24(32)19-6-8-23(9-7-19)36(34,35)31-12-10-30(2)11-13-31/h3-9,15-18H,10-14H2,1-2H3,(H,26,27)(H,28,33)(H,29,32)/t18-/m1/s1. The molecular weight excluding hydrogens is 480 g/mol. The van der Waals surface area contributed by atoms with Crippen LogP contribution in [0.4, 0.5) is 5.69 Å². The van der Waals surface area contributed by atoms with Gasteiger partial charge in [0.15, 0.2) is 0 Å². The quantitative estimate of drug-likeness (QED) is 0.425. The number of aromatic nitrogens is 2. The van der Waals surface area contributed by atoms with E-state index in [0.717, 1.165) is 5.69 Å². The summed E-state index contributed by atoms with van der Waals surface area (Å²) >= 11 is 0. The Morgan fingerprint density at radius 1 is 1.03 bits per heavy atom. The minimum absolute atomic E-state index is 0.114. The molecule has 0 bridgehead atoms. The number of carbonyl (C=O) groups excluding carboxylic acids is 2. The Hall–Kier alpha value is -3.54. The third-order valence-electron chi connectivity index (χ3n) is 6.06. The molecule has 1 atom stereocenters. The van der Waals surface area contributed by atoms with E-state index in [0.29, 0.717) is 49.4 Å². The first kappa shape index (κ1) is 25.5. The molecule has 0 unspecified atom stereocenters. The summed E-state index contributed by atoms with van der Waals surface area (Å²) in [5.41, 5.74) is 2.11. The number of anilines is 1. The summed E-state index contributed by atoms with van der Waals surface area (Å²) in [5.74, 6) is -0.653. The van der Waals surface area contributed by atoms with Crippen LogP contribution >= 0.6 is 0 Å². The molecule has 1 saturated heterocycles. The number of nitrogens with zero attached hydrogens (tertiary/aromatic N) is 3. The first-order chi connectivity index (χ1) is 17.2. The zero-order valence-electron chi connectivity index (χ0n) is 20.3. The van der Waals surface area contributed by atoms with Crippen LogP contribution in [-0.4, -0.2) is 78.7 Å². The van der Waals surface area contributed by atoms with Crippen LogP contribution in [-0.2, 0) is 16.4 Å². The van der Waals surface area contributed by atoms with Crippen molar-refractivity contribution in [3.8, 4) is 0 Å². The summed E-state index contributed by atoms with van der Waals surface area (Å²) < 4.78 is 27.3. The number of hydrogen-bond donors (Lipinski definition) is 3. The van der Waals surface area contributed by atoms with Crippen molar-refractivity contribution in [3.05, 3.63) is 77.9 Å². The lowest BCUT2D eigenvalue weighted by Gasteiger charge is -2.31. The highest BCUT2D eigenvalue weighted by Crippen LogP contribution is 2.19. The van der Waals surface area contributed by atoms with E-state index in [-0.39, 0.29) is 16.8 Å². The van der Waals surface area contributed by atoms with Gasteiger partial charge in [0.25, 0.3) is 11.8 Å². The van der Waals surface area contributed by atoms with E-state index in [1.54, 1.807) is 36.8 Å². The summed E-state index contributed by atoms with van der Waals surface area (Å²) in [6.45, 7) is 4.14. The number of sulfonamides is 1. The second kappa shape index (κ2) is 11.0. The van der Waals surface area contributed by atoms with Crippen LogP contribution in [0.1, 0.15) is 33.3 Å². The Morgan fingerprint density at radius 2 is 1.75 bits per heavy atom. The number of piperazine rings is 1. The number of benzene rings is 2. The van der Waals surface area contributed by atoms with Gasteiger partial charge in [-0.3, -0.25) is 9.59 Å². The number of imidazole rings is 1. The number of hydrogen-bond acceptors (Lipinski definition) is 6. The molecule has 1 aliphatic rings. The maximum Gasteiger partial charge on any atom is 0.255 e. The van der Waals surface area contributed by atoms with Gasteiger partial charge in [-0.2, -0.15) is 4.31 Å². The Kier molecular flexibility index (Phi) is 7.82. The van der Waals surface area contributed by atoms with Gasteiger partial charge in [-0.15, -0.1) is 0 Å². The van der Waals surface area contributed by atoms with Gasteiger partial charge >= 0.3 is 0 Å². The van der Waals surface area contributed by atoms with Crippen LogP contribution in [0.3, 0.4) is 0 Å². The second-order valence-electron chi connectivity index (χ2n) is 8.92. The molecule has 11 heteroatoms. The van der Waals surface area contributed by atoms with Crippen molar-refractivity contribution in [2.45, 2.75) is 24.3 Å². The fourth-order valence-corrected chi connectivity index (χ4v) is 5.40. The number of H-pyrrole nitrogens is 1. The van der Waals surface area contributed by atoms with Gasteiger partial charge in [-0.05, 0) is 56.4 Å². The van der Waals surface area contributed by atoms with Gasteiger partial charge in [-0.25, -0.2) is 13.4 Å². The monoisotopic (exact) mass is 510 g/mol. The lowest BCUT2D eigenvalue weighted by atomic mass is 10.1. The maximum atomic E-state index is 12.9. The van der Waals surface area contributed by atoms with E-state index in [1.165, 1.54) is 28.6 Å². The normalized spacial score (nSPS) is 15.8. The Bertz CT molecular complexity index is 1300. The molecule has 1 fully saturated rings. The summed E-state index contributed by atoms with van der Waals surface area (Å²) in [4.78, 5) is 34.6. The van der Waals surface area contributed by atoms with Crippen LogP contribution < -0.4 is 10.6 Å². The predicted molar refractivity (Wildman–Crippen MR) is 136 cm³/mol. The lowest BCUT2D eigenvalue weighted by Crippen LogP contribution is -2.47. The first-order valence-electron chi connectivity index (χ1n) is 11.7. The van der Waals surface area contributed by atoms with Crippen molar-refractivity contribution in [1.82, 2.24) is 24.5 Å². The number of aromatic amines is 1. The zero-order chi connectivity index (χ0) is 25.7. The molecule has 1 aromatic heterocycles. The molecular formula is C25H30N6O4S. The largest absolute Gasteiger partial charge is 0.349 e. The third kappa shape index (κ3) is 6.17. The number of amides is 2. The van der Waals surface area contributed by atoms with E-state index in [4.69, 9.17) is 0 Å². The highest BCUT2D eigenvalue weighted by Gasteiger charge is 2.27. The molecule has 2 aromatic carbocycles. The molecule has 0 saturated carbocycles. The van der Waals surface area contributed by atoms with E-state index in [1.807, 2.05) is 14.0 Å². The summed E-state index contributed by atoms with van der Waals surface area (Å²) in [6.07, 6.45) is 3.92. The molecule has 1 aliphatic heterocycles. The van der Waals surface area contributed by atoms with Crippen LogP contribution in [0.2, 0.25) is 0 Å². The number of rotatable bonds is 8. The molecule has 3 aromatic rings. The molecule has 190 valence electrons. The van der Waals surface area contributed by atoms with Gasteiger partial charge in [-0.1, -0.05) is 6.07 Å². The van der Waals surface area contributed by atoms with Gasteiger partial charge < -0.3 is 20.5 Å². The van der Waals surface area contributed by atoms with E-state index < -0.39 is 15.9 Å². The minimum atomic E-state index is -3.60. The smallest absolute Gasteiger partial charge is 0.255 e. The molecule has 36 heavy (non-hydrogen) atoms. The minimum Gasteiger partial charge on any atom is -0.349 e. The first-order valence-corrected chi connectivity index (χ1v) is 13.1. The molecule has 2 heterocycles. The fourth-order valence-electron chi connectivity index (χ4n) is 3.98. The van der Waals surface area contributed by atoms with Crippen molar-refractivity contribution in [2.75, 3.05) is 38.5 Å². The van der Waals surface area contributed by atoms with E-state index >= 15 is 0 Å². The highest BCUT2D eigenvalue weighted by molar-refractivity contribution is 7.89. The van der Waals surface area contributed by atoms with Crippen molar-refractivity contribution in [1.29, 1.82) is 0 Å². The van der Waals surface area contributed by atoms with Crippen molar-refractivity contribution >= 4 is 27.5 Å². The maximum absolute atomic E-state index is 12.9. The van der Waals surface area contributed by atoms with Crippen molar-refractivity contribution in [3.63, 3.8) is 0 Å². The SMILES string of the molecule is C[C@H](Cc1cnc[nH]1)NC(=O)c1cccc(NC(=O)c2ccc(S(=O)(=O)N3CCN(C)CC3)cc2)c1. The van der Waals surface area contributed by atoms with E-state index in [2.05, 4.69) is 25.5 Å². The zero-order valence-corrected chi connectivity index (χ0v) is 21.1. The van der Waals surface area contributed by atoms with Crippen LogP contribution in [0.5, 0.6) is 0 Å². The average molecular weight is 511 g/mol. The number of likely N-dealkylation sites (N-methyl/N-ethyl adjacent to an activating group) is 1. The average Bonchev–Trinajstić information content (AvgIpc) is 3.37. The van der Waals surface area contributed by atoms with Crippen molar-refractivity contribution < 1.29 is 18.0 Å². The second-order valence-corrected chi connectivity index (χ2v) is 10.9. The predicted octanol–water partition coefficient (Wildman–Crippen LogP) is 1.96.